The lowest BCUT2D eigenvalue weighted by Crippen LogP contribution is -2.45. The molecule has 158 valence electrons. The van der Waals surface area contributed by atoms with Crippen molar-refractivity contribution in [3.63, 3.8) is 0 Å². The van der Waals surface area contributed by atoms with Gasteiger partial charge in [-0.1, -0.05) is 17.7 Å². The van der Waals surface area contributed by atoms with Gasteiger partial charge in [0.15, 0.2) is 6.10 Å². The fourth-order valence-electron chi connectivity index (χ4n) is 3.77. The summed E-state index contributed by atoms with van der Waals surface area (Å²) in [5.41, 5.74) is 1.38. The molecule has 1 aliphatic heterocycles. The van der Waals surface area contributed by atoms with Crippen LogP contribution in [0.2, 0.25) is 0 Å². The van der Waals surface area contributed by atoms with Gasteiger partial charge in [0.05, 0.1) is 5.69 Å². The Kier molecular flexibility index (Phi) is 5.61. The third-order valence-corrected chi connectivity index (χ3v) is 5.36. The molecule has 9 heteroatoms. The highest BCUT2D eigenvalue weighted by Gasteiger charge is 2.30. The second-order valence-corrected chi connectivity index (χ2v) is 7.57. The Balaban J connectivity index is 1.49. The molecule has 2 aromatic heterocycles. The van der Waals surface area contributed by atoms with Crippen LogP contribution in [0.4, 0.5) is 8.78 Å². The van der Waals surface area contributed by atoms with Gasteiger partial charge in [-0.05, 0) is 44.9 Å². The van der Waals surface area contributed by atoms with Crippen LogP contribution < -0.4 is 4.74 Å². The Hall–Kier alpha value is -3.10. The van der Waals surface area contributed by atoms with Gasteiger partial charge in [0, 0.05) is 19.0 Å². The third kappa shape index (κ3) is 4.10. The number of piperidine rings is 1. The van der Waals surface area contributed by atoms with Crippen molar-refractivity contribution in [1.29, 1.82) is 0 Å². The third-order valence-electron chi connectivity index (χ3n) is 5.36. The van der Waals surface area contributed by atoms with Crippen molar-refractivity contribution < 1.29 is 18.3 Å². The summed E-state index contributed by atoms with van der Waals surface area (Å²) in [4.78, 5) is 23.0. The van der Waals surface area contributed by atoms with Crippen LogP contribution in [0, 0.1) is 6.92 Å². The fraction of sp³-hybridized carbons (Fsp3) is 0.429. The number of halogens is 2. The maximum atomic E-state index is 13.5. The normalized spacial score (nSPS) is 18.0. The van der Waals surface area contributed by atoms with Crippen LogP contribution in [0.25, 0.3) is 5.78 Å². The highest BCUT2D eigenvalue weighted by molar-refractivity contribution is 5.81. The summed E-state index contributed by atoms with van der Waals surface area (Å²) in [6.07, 6.45) is -0.609. The molecule has 1 aromatic carbocycles. The number of rotatable bonds is 5. The number of benzene rings is 1. The van der Waals surface area contributed by atoms with E-state index < -0.39 is 12.5 Å². The maximum Gasteiger partial charge on any atom is 0.280 e. The lowest BCUT2D eigenvalue weighted by atomic mass is 9.93. The van der Waals surface area contributed by atoms with Crippen LogP contribution >= 0.6 is 0 Å². The first-order valence-corrected chi connectivity index (χ1v) is 9.93. The maximum absolute atomic E-state index is 13.5. The molecular weight excluding hydrogens is 392 g/mol. The monoisotopic (exact) mass is 415 g/mol. The highest BCUT2D eigenvalue weighted by Crippen LogP contribution is 2.29. The van der Waals surface area contributed by atoms with E-state index in [2.05, 4.69) is 15.1 Å². The molecule has 3 aromatic rings. The Labute approximate surface area is 172 Å². The molecule has 0 bridgehead atoms. The summed E-state index contributed by atoms with van der Waals surface area (Å²) in [6, 6.07) is 8.90. The van der Waals surface area contributed by atoms with Crippen molar-refractivity contribution in [2.45, 2.75) is 45.1 Å². The number of hydrogen-bond acceptors (Lipinski definition) is 5. The van der Waals surface area contributed by atoms with Gasteiger partial charge >= 0.3 is 0 Å². The van der Waals surface area contributed by atoms with Crippen molar-refractivity contribution in [2.75, 3.05) is 13.1 Å². The molecular formula is C21H23F2N5O2. The van der Waals surface area contributed by atoms with Crippen molar-refractivity contribution in [2.24, 2.45) is 0 Å². The van der Waals surface area contributed by atoms with Crippen molar-refractivity contribution in [3.05, 3.63) is 53.6 Å². The number of aryl methyl sites for hydroxylation is 1. The number of amides is 1. The Morgan fingerprint density at radius 3 is 2.77 bits per heavy atom. The van der Waals surface area contributed by atoms with E-state index in [0.29, 0.717) is 24.5 Å². The minimum Gasteiger partial charge on any atom is -0.481 e. The zero-order valence-corrected chi connectivity index (χ0v) is 16.8. The van der Waals surface area contributed by atoms with Crippen LogP contribution in [0.5, 0.6) is 5.75 Å². The van der Waals surface area contributed by atoms with Gasteiger partial charge in [0.25, 0.3) is 18.1 Å². The van der Waals surface area contributed by atoms with E-state index in [4.69, 9.17) is 4.74 Å². The number of hydrogen-bond donors (Lipinski definition) is 0. The smallest absolute Gasteiger partial charge is 0.280 e. The zero-order chi connectivity index (χ0) is 21.3. The molecule has 2 atom stereocenters. The van der Waals surface area contributed by atoms with Crippen molar-refractivity contribution >= 4 is 11.7 Å². The molecule has 3 heterocycles. The average molecular weight is 415 g/mol. The van der Waals surface area contributed by atoms with Crippen molar-refractivity contribution in [1.82, 2.24) is 24.5 Å². The summed E-state index contributed by atoms with van der Waals surface area (Å²) in [5.74, 6) is 0.504. The number of likely N-dealkylation sites (tertiary alicyclic amines) is 1. The number of carbonyl (C=O) groups is 1. The molecule has 0 spiro atoms. The zero-order valence-electron chi connectivity index (χ0n) is 16.8. The number of alkyl halides is 2. The van der Waals surface area contributed by atoms with Gasteiger partial charge in [-0.3, -0.25) is 4.79 Å². The van der Waals surface area contributed by atoms with Gasteiger partial charge in [0.2, 0.25) is 0 Å². The van der Waals surface area contributed by atoms with Crippen LogP contribution in [0.1, 0.15) is 49.1 Å². The van der Waals surface area contributed by atoms with Gasteiger partial charge in [-0.15, -0.1) is 0 Å². The standard InChI is InChI=1S/C21H23F2N5O2/c1-13-5-7-16(8-6-13)30-14(2)20(29)27-9-3-4-15(11-27)17-10-18(19(22)23)28-21(26-17)24-12-25-28/h5-8,10,12,14-15,19H,3-4,9,11H2,1-2H3/t14-,15-/m1/s1. The van der Waals surface area contributed by atoms with Crippen LogP contribution in [0.15, 0.2) is 36.7 Å². The van der Waals surface area contributed by atoms with Gasteiger partial charge in [0.1, 0.15) is 17.8 Å². The number of carbonyl (C=O) groups excluding carboxylic acids is 1. The Morgan fingerprint density at radius 2 is 2.03 bits per heavy atom. The topological polar surface area (TPSA) is 72.6 Å². The van der Waals surface area contributed by atoms with Gasteiger partial charge in [-0.2, -0.15) is 14.6 Å². The Bertz CT molecular complexity index is 1040. The molecule has 4 rings (SSSR count). The second kappa shape index (κ2) is 8.33. The first-order chi connectivity index (χ1) is 14.4. The predicted octanol–water partition coefficient (Wildman–Crippen LogP) is 3.54. The predicted molar refractivity (Wildman–Crippen MR) is 106 cm³/mol. The number of aromatic nitrogens is 4. The van der Waals surface area contributed by atoms with Crippen LogP contribution in [-0.4, -0.2) is 49.6 Å². The fourth-order valence-corrected chi connectivity index (χ4v) is 3.77. The SMILES string of the molecule is Cc1ccc(O[C@H](C)C(=O)N2CCC[C@@H](c3cc(C(F)F)n4ncnc4n3)C2)cc1. The second-order valence-electron chi connectivity index (χ2n) is 7.57. The van der Waals surface area contributed by atoms with E-state index in [-0.39, 0.29) is 23.3 Å². The largest absolute Gasteiger partial charge is 0.481 e. The molecule has 1 fully saturated rings. The van der Waals surface area contributed by atoms with E-state index in [9.17, 15) is 13.6 Å². The molecule has 0 aliphatic carbocycles. The van der Waals surface area contributed by atoms with Crippen LogP contribution in [-0.2, 0) is 4.79 Å². The molecule has 30 heavy (non-hydrogen) atoms. The summed E-state index contributed by atoms with van der Waals surface area (Å²) >= 11 is 0. The molecule has 7 nitrogen and oxygen atoms in total. The minimum absolute atomic E-state index is 0.127. The molecule has 0 N–H and O–H groups in total. The molecule has 0 unspecified atom stereocenters. The summed E-state index contributed by atoms with van der Waals surface area (Å²) < 4.78 is 33.8. The summed E-state index contributed by atoms with van der Waals surface area (Å²) in [7, 11) is 0. The Morgan fingerprint density at radius 1 is 1.27 bits per heavy atom. The first kappa shape index (κ1) is 20.2. The van der Waals surface area contributed by atoms with Crippen LogP contribution in [0.3, 0.4) is 0 Å². The lowest BCUT2D eigenvalue weighted by molar-refractivity contribution is -0.139. The lowest BCUT2D eigenvalue weighted by Gasteiger charge is -2.34. The van der Waals surface area contributed by atoms with Crippen molar-refractivity contribution in [3.8, 4) is 5.75 Å². The minimum atomic E-state index is -2.69. The molecule has 0 saturated carbocycles. The van der Waals surface area contributed by atoms with E-state index >= 15 is 0 Å². The summed E-state index contributed by atoms with van der Waals surface area (Å²) in [5, 5.41) is 3.82. The van der Waals surface area contributed by atoms with Gasteiger partial charge < -0.3 is 9.64 Å². The summed E-state index contributed by atoms with van der Waals surface area (Å²) in [6.45, 7) is 4.71. The molecule has 1 aliphatic rings. The highest BCUT2D eigenvalue weighted by atomic mass is 19.3. The first-order valence-electron chi connectivity index (χ1n) is 9.93. The molecule has 0 radical (unpaired) electrons. The average Bonchev–Trinajstić information content (AvgIpc) is 3.22. The van der Waals surface area contributed by atoms with E-state index in [1.54, 1.807) is 11.8 Å². The van der Waals surface area contributed by atoms with E-state index in [0.717, 1.165) is 22.9 Å². The van der Waals surface area contributed by atoms with Gasteiger partial charge in [-0.25, -0.2) is 13.8 Å². The molecule has 1 amide bonds. The number of ether oxygens (including phenoxy) is 1. The quantitative estimate of drug-likeness (QED) is 0.637. The van der Waals surface area contributed by atoms with E-state index in [1.807, 2.05) is 31.2 Å². The molecule has 1 saturated heterocycles. The number of nitrogens with zero attached hydrogens (tertiary/aromatic N) is 5. The van der Waals surface area contributed by atoms with E-state index in [1.165, 1.54) is 12.4 Å². The number of fused-ring (bicyclic) bond motifs is 1.